The molecule has 1 heterocycles. The molecule has 5 nitrogen and oxygen atoms in total. The first kappa shape index (κ1) is 21.8. The predicted octanol–water partition coefficient (Wildman–Crippen LogP) is 5.31. The summed E-state index contributed by atoms with van der Waals surface area (Å²) in [5, 5.41) is 5.25. The Bertz CT molecular complexity index is 1140. The molecular weight excluding hydrogens is 407 g/mol. The third-order valence-electron chi connectivity index (χ3n) is 4.17. The monoisotopic (exact) mass is 425 g/mol. The number of hydrogen-bond acceptors (Lipinski definition) is 3. The minimum absolute atomic E-state index is 0.109. The molecule has 0 fully saturated rings. The van der Waals surface area contributed by atoms with Gasteiger partial charge in [-0.25, -0.2) is 0 Å². The summed E-state index contributed by atoms with van der Waals surface area (Å²) in [6.07, 6.45) is 1.55. The zero-order chi connectivity index (χ0) is 22.4. The molecule has 2 N–H and O–H groups in total. The maximum absolute atomic E-state index is 12.8. The lowest BCUT2D eigenvalue weighted by atomic mass is 10.1. The van der Waals surface area contributed by atoms with E-state index in [1.54, 1.807) is 42.6 Å². The second-order valence-electron chi connectivity index (χ2n) is 6.73. The highest BCUT2D eigenvalue weighted by molar-refractivity contribution is 6.05. The van der Waals surface area contributed by atoms with Crippen molar-refractivity contribution in [3.05, 3.63) is 95.3 Å². The van der Waals surface area contributed by atoms with E-state index in [1.165, 1.54) is 24.4 Å². The molecule has 158 valence electrons. The Morgan fingerprint density at radius 2 is 1.71 bits per heavy atom. The van der Waals surface area contributed by atoms with Crippen LogP contribution in [-0.2, 0) is 11.0 Å². The van der Waals surface area contributed by atoms with Crippen molar-refractivity contribution >= 4 is 29.3 Å². The van der Waals surface area contributed by atoms with Crippen LogP contribution in [-0.4, -0.2) is 16.8 Å². The fraction of sp³-hybridized carbons (Fsp3) is 0.0870. The summed E-state index contributed by atoms with van der Waals surface area (Å²) in [5.41, 5.74) is 1.48. The van der Waals surface area contributed by atoms with E-state index in [9.17, 15) is 22.8 Å². The Hall–Kier alpha value is -3.94. The Morgan fingerprint density at radius 3 is 2.45 bits per heavy atom. The molecular formula is C23H18F3N3O2. The van der Waals surface area contributed by atoms with Crippen LogP contribution in [0.1, 0.15) is 27.0 Å². The molecule has 0 atom stereocenters. The molecule has 0 aliphatic heterocycles. The SMILES string of the molecule is Cc1cncc(NC(=O)C=Cc2cccc(NC(=O)c3cccc(C(F)(F)F)c3)c2)c1. The number of alkyl halides is 3. The molecule has 2 aromatic carbocycles. The number of benzene rings is 2. The van der Waals surface area contributed by atoms with Crippen LogP contribution >= 0.6 is 0 Å². The van der Waals surface area contributed by atoms with Crippen molar-refractivity contribution in [3.8, 4) is 0 Å². The third kappa shape index (κ3) is 6.27. The van der Waals surface area contributed by atoms with Crippen LogP contribution in [0.25, 0.3) is 6.08 Å². The second-order valence-corrected chi connectivity index (χ2v) is 6.73. The average molecular weight is 425 g/mol. The van der Waals surface area contributed by atoms with E-state index in [4.69, 9.17) is 0 Å². The Morgan fingerprint density at radius 1 is 0.935 bits per heavy atom. The molecule has 0 spiro atoms. The van der Waals surface area contributed by atoms with E-state index in [0.29, 0.717) is 16.9 Å². The van der Waals surface area contributed by atoms with Gasteiger partial charge >= 0.3 is 6.18 Å². The number of nitrogens with one attached hydrogen (secondary N) is 2. The summed E-state index contributed by atoms with van der Waals surface area (Å²) in [6, 6.07) is 12.5. The summed E-state index contributed by atoms with van der Waals surface area (Å²) in [6.45, 7) is 1.86. The number of halogens is 3. The first-order chi connectivity index (χ1) is 14.7. The second kappa shape index (κ2) is 9.25. The quantitative estimate of drug-likeness (QED) is 0.544. The molecule has 2 amide bonds. The molecule has 0 saturated heterocycles. The number of pyridine rings is 1. The fourth-order valence-electron chi connectivity index (χ4n) is 2.74. The lowest BCUT2D eigenvalue weighted by Crippen LogP contribution is -2.14. The van der Waals surface area contributed by atoms with Crippen LogP contribution in [0, 0.1) is 6.92 Å². The number of anilines is 2. The highest BCUT2D eigenvalue weighted by Crippen LogP contribution is 2.29. The van der Waals surface area contributed by atoms with Gasteiger partial charge in [-0.1, -0.05) is 18.2 Å². The maximum Gasteiger partial charge on any atom is 0.416 e. The number of rotatable bonds is 5. The summed E-state index contributed by atoms with van der Waals surface area (Å²) in [5.74, 6) is -1.03. The minimum Gasteiger partial charge on any atom is -0.322 e. The van der Waals surface area contributed by atoms with Gasteiger partial charge < -0.3 is 10.6 Å². The molecule has 0 bridgehead atoms. The molecule has 8 heteroatoms. The van der Waals surface area contributed by atoms with E-state index in [-0.39, 0.29) is 11.5 Å². The number of carbonyl (C=O) groups excluding carboxylic acids is 2. The normalized spacial score (nSPS) is 11.4. The molecule has 3 rings (SSSR count). The van der Waals surface area contributed by atoms with Crippen LogP contribution in [0.5, 0.6) is 0 Å². The zero-order valence-electron chi connectivity index (χ0n) is 16.4. The van der Waals surface area contributed by atoms with Gasteiger partial charge in [0.1, 0.15) is 0 Å². The highest BCUT2D eigenvalue weighted by atomic mass is 19.4. The van der Waals surface area contributed by atoms with E-state index >= 15 is 0 Å². The van der Waals surface area contributed by atoms with Crippen molar-refractivity contribution in [3.63, 3.8) is 0 Å². The molecule has 1 aromatic heterocycles. The summed E-state index contributed by atoms with van der Waals surface area (Å²) in [7, 11) is 0. The van der Waals surface area contributed by atoms with E-state index in [0.717, 1.165) is 17.7 Å². The van der Waals surface area contributed by atoms with Crippen molar-refractivity contribution in [2.45, 2.75) is 13.1 Å². The van der Waals surface area contributed by atoms with Gasteiger partial charge in [0, 0.05) is 23.5 Å². The number of amides is 2. The standard InChI is InChI=1S/C23H18F3N3O2/c1-15-10-20(14-27-13-15)28-21(30)9-8-16-4-2-7-19(11-16)29-22(31)17-5-3-6-18(12-17)23(24,25)26/h2-14H,1H3,(H,28,30)(H,29,31). The smallest absolute Gasteiger partial charge is 0.322 e. The van der Waals surface area contributed by atoms with Gasteiger partial charge in [-0.3, -0.25) is 14.6 Å². The topological polar surface area (TPSA) is 71.1 Å². The number of hydrogen-bond donors (Lipinski definition) is 2. The van der Waals surface area contributed by atoms with E-state index < -0.39 is 17.6 Å². The van der Waals surface area contributed by atoms with Crippen LogP contribution in [0.4, 0.5) is 24.5 Å². The Kier molecular flexibility index (Phi) is 6.49. The first-order valence-corrected chi connectivity index (χ1v) is 9.20. The Labute approximate surface area is 176 Å². The number of carbonyl (C=O) groups is 2. The van der Waals surface area contributed by atoms with Crippen LogP contribution in [0.2, 0.25) is 0 Å². The van der Waals surface area contributed by atoms with Crippen molar-refractivity contribution in [2.75, 3.05) is 10.6 Å². The first-order valence-electron chi connectivity index (χ1n) is 9.20. The molecule has 31 heavy (non-hydrogen) atoms. The van der Waals surface area contributed by atoms with Crippen molar-refractivity contribution in [1.82, 2.24) is 4.98 Å². The van der Waals surface area contributed by atoms with Crippen molar-refractivity contribution in [1.29, 1.82) is 0 Å². The lowest BCUT2D eigenvalue weighted by molar-refractivity contribution is -0.137. The van der Waals surface area contributed by atoms with Crippen molar-refractivity contribution < 1.29 is 22.8 Å². The van der Waals surface area contributed by atoms with Crippen LogP contribution < -0.4 is 10.6 Å². The zero-order valence-corrected chi connectivity index (χ0v) is 16.4. The van der Waals surface area contributed by atoms with Gasteiger partial charge in [0.05, 0.1) is 17.4 Å². The minimum atomic E-state index is -4.53. The van der Waals surface area contributed by atoms with Gasteiger partial charge in [-0.05, 0) is 60.5 Å². The number of aromatic nitrogens is 1. The van der Waals surface area contributed by atoms with Gasteiger partial charge in [-0.2, -0.15) is 13.2 Å². The van der Waals surface area contributed by atoms with Gasteiger partial charge in [-0.15, -0.1) is 0 Å². The lowest BCUT2D eigenvalue weighted by Gasteiger charge is -2.09. The maximum atomic E-state index is 12.8. The summed E-state index contributed by atoms with van der Waals surface area (Å²) >= 11 is 0. The van der Waals surface area contributed by atoms with Gasteiger partial charge in [0.2, 0.25) is 5.91 Å². The highest BCUT2D eigenvalue weighted by Gasteiger charge is 2.30. The number of nitrogens with zero attached hydrogens (tertiary/aromatic N) is 1. The summed E-state index contributed by atoms with van der Waals surface area (Å²) in [4.78, 5) is 28.4. The summed E-state index contributed by atoms with van der Waals surface area (Å²) < 4.78 is 38.5. The Balaban J connectivity index is 1.67. The number of aryl methyl sites for hydroxylation is 1. The largest absolute Gasteiger partial charge is 0.416 e. The molecule has 0 aliphatic carbocycles. The van der Waals surface area contributed by atoms with Gasteiger partial charge in [0.15, 0.2) is 0 Å². The molecule has 3 aromatic rings. The molecule has 0 saturated carbocycles. The molecule has 0 aliphatic rings. The van der Waals surface area contributed by atoms with E-state index in [1.807, 2.05) is 6.92 Å². The van der Waals surface area contributed by atoms with Crippen LogP contribution in [0.3, 0.4) is 0 Å². The third-order valence-corrected chi connectivity index (χ3v) is 4.17. The average Bonchev–Trinajstić information content (AvgIpc) is 2.72. The van der Waals surface area contributed by atoms with Crippen molar-refractivity contribution in [2.24, 2.45) is 0 Å². The molecule has 0 radical (unpaired) electrons. The fourth-order valence-corrected chi connectivity index (χ4v) is 2.74. The van der Waals surface area contributed by atoms with E-state index in [2.05, 4.69) is 15.6 Å². The van der Waals surface area contributed by atoms with Gasteiger partial charge in [0.25, 0.3) is 5.91 Å². The predicted molar refractivity (Wildman–Crippen MR) is 112 cm³/mol. The molecule has 0 unspecified atom stereocenters. The van der Waals surface area contributed by atoms with Crippen LogP contribution in [0.15, 0.2) is 73.1 Å².